The molecule has 5 heterocycles. The third kappa shape index (κ3) is 2.30. The number of hydrogen-bond acceptors (Lipinski definition) is 5. The van der Waals surface area contributed by atoms with Crippen molar-refractivity contribution in [2.75, 3.05) is 6.54 Å². The molecule has 0 aromatic carbocycles. The first-order chi connectivity index (χ1) is 13.8. The Morgan fingerprint density at radius 1 is 1.21 bits per heavy atom. The smallest absolute Gasteiger partial charge is 0.292 e. The molecule has 1 amide bonds. The summed E-state index contributed by atoms with van der Waals surface area (Å²) in [4.78, 5) is 27.3. The van der Waals surface area contributed by atoms with Crippen molar-refractivity contribution >= 4 is 11.4 Å². The van der Waals surface area contributed by atoms with E-state index in [1.165, 1.54) is 6.39 Å². The van der Waals surface area contributed by atoms with Gasteiger partial charge in [0.2, 0.25) is 5.76 Å². The molecule has 28 heavy (non-hydrogen) atoms. The molecule has 8 nitrogen and oxygen atoms in total. The molecule has 1 aliphatic carbocycles. The van der Waals surface area contributed by atoms with Gasteiger partial charge in [-0.05, 0) is 31.0 Å². The number of rotatable bonds is 3. The number of oxazole rings is 1. The fourth-order valence-electron chi connectivity index (χ4n) is 4.08. The van der Waals surface area contributed by atoms with Crippen LogP contribution in [0.25, 0.3) is 5.52 Å². The molecule has 0 unspecified atom stereocenters. The van der Waals surface area contributed by atoms with Crippen LogP contribution in [0, 0.1) is 0 Å². The van der Waals surface area contributed by atoms with Crippen LogP contribution in [0.1, 0.15) is 58.1 Å². The molecule has 8 heteroatoms. The molecular formula is C20H18N6O2. The average molecular weight is 374 g/mol. The Bertz CT molecular complexity index is 1150. The monoisotopic (exact) mass is 374 g/mol. The molecule has 2 aliphatic rings. The van der Waals surface area contributed by atoms with Crippen LogP contribution >= 0.6 is 0 Å². The summed E-state index contributed by atoms with van der Waals surface area (Å²) in [6.45, 7) is 0.567. The number of carbonyl (C=O) groups excluding carboxylic acids is 1. The van der Waals surface area contributed by atoms with Gasteiger partial charge in [-0.1, -0.05) is 6.07 Å². The zero-order chi connectivity index (χ0) is 18.7. The number of nitrogens with one attached hydrogen (secondary N) is 1. The van der Waals surface area contributed by atoms with Gasteiger partial charge >= 0.3 is 0 Å². The molecule has 1 N–H and O–H groups in total. The minimum atomic E-state index is -0.362. The predicted molar refractivity (Wildman–Crippen MR) is 98.8 cm³/mol. The van der Waals surface area contributed by atoms with E-state index in [0.29, 0.717) is 18.2 Å². The van der Waals surface area contributed by atoms with E-state index >= 15 is 0 Å². The lowest BCUT2D eigenvalue weighted by Gasteiger charge is -2.33. The van der Waals surface area contributed by atoms with Gasteiger partial charge in [0, 0.05) is 30.8 Å². The van der Waals surface area contributed by atoms with Gasteiger partial charge in [-0.25, -0.2) is 14.5 Å². The molecule has 0 bridgehead atoms. The zero-order valence-corrected chi connectivity index (χ0v) is 15.1. The number of aromatic nitrogens is 5. The molecule has 4 aromatic heterocycles. The largest absolute Gasteiger partial charge is 0.438 e. The number of pyridine rings is 1. The van der Waals surface area contributed by atoms with Crippen molar-refractivity contribution in [2.45, 2.75) is 31.2 Å². The van der Waals surface area contributed by atoms with Crippen LogP contribution in [0.3, 0.4) is 0 Å². The molecular weight excluding hydrogens is 356 g/mol. The predicted octanol–water partition coefficient (Wildman–Crippen LogP) is 2.71. The van der Waals surface area contributed by atoms with Crippen LogP contribution in [0.5, 0.6) is 0 Å². The highest BCUT2D eigenvalue weighted by atomic mass is 16.3. The molecule has 1 saturated carbocycles. The van der Waals surface area contributed by atoms with E-state index in [0.717, 1.165) is 47.6 Å². The molecule has 6 rings (SSSR count). The number of imidazole rings is 1. The van der Waals surface area contributed by atoms with Crippen LogP contribution < -0.4 is 0 Å². The Hall–Kier alpha value is -3.42. The third-order valence-corrected chi connectivity index (χ3v) is 5.61. The second-order valence-electron chi connectivity index (χ2n) is 7.40. The number of carbonyl (C=O) groups is 1. The summed E-state index contributed by atoms with van der Waals surface area (Å²) in [5.74, 6) is 0.558. The maximum absolute atomic E-state index is 13.5. The lowest BCUT2D eigenvalue weighted by atomic mass is 9.99. The Kier molecular flexibility index (Phi) is 3.23. The number of nitrogens with zero attached hydrogens (tertiary/aromatic N) is 5. The van der Waals surface area contributed by atoms with E-state index in [4.69, 9.17) is 9.52 Å². The average Bonchev–Trinajstić information content (AvgIpc) is 3.14. The Morgan fingerprint density at radius 3 is 3.00 bits per heavy atom. The second kappa shape index (κ2) is 5.79. The summed E-state index contributed by atoms with van der Waals surface area (Å²) in [6.07, 6.45) is 7.81. The maximum Gasteiger partial charge on any atom is 0.292 e. The molecule has 140 valence electrons. The van der Waals surface area contributed by atoms with Gasteiger partial charge in [0.25, 0.3) is 5.91 Å². The van der Waals surface area contributed by atoms with Crippen LogP contribution in [-0.4, -0.2) is 41.9 Å². The summed E-state index contributed by atoms with van der Waals surface area (Å²) in [5.41, 5.74) is 4.44. The zero-order valence-electron chi connectivity index (χ0n) is 15.1. The standard InChI is InChI=1S/C20H18N6O2/c27-20(19-16(12-4-5-12)23-11-28-19)25-8-6-14-17(22-10-21-14)18(25)15-9-13-3-1-2-7-26(13)24-15/h1-3,7,9-12,18H,4-6,8H2,(H,21,22)/t18-/m1/s1. The van der Waals surface area contributed by atoms with Gasteiger partial charge in [0.15, 0.2) is 6.39 Å². The van der Waals surface area contributed by atoms with E-state index in [-0.39, 0.29) is 11.9 Å². The second-order valence-corrected chi connectivity index (χ2v) is 7.40. The molecule has 4 aromatic rings. The van der Waals surface area contributed by atoms with Crippen molar-refractivity contribution in [3.05, 3.63) is 71.7 Å². The highest BCUT2D eigenvalue weighted by Crippen LogP contribution is 2.42. The minimum Gasteiger partial charge on any atom is -0.438 e. The van der Waals surface area contributed by atoms with E-state index in [1.807, 2.05) is 39.9 Å². The molecule has 0 radical (unpaired) electrons. The number of H-pyrrole nitrogens is 1. The van der Waals surface area contributed by atoms with Crippen molar-refractivity contribution < 1.29 is 9.21 Å². The Balaban J connectivity index is 1.46. The number of hydrogen-bond donors (Lipinski definition) is 1. The van der Waals surface area contributed by atoms with Crippen molar-refractivity contribution in [3.63, 3.8) is 0 Å². The van der Waals surface area contributed by atoms with Gasteiger partial charge in [-0.15, -0.1) is 0 Å². The van der Waals surface area contributed by atoms with E-state index in [9.17, 15) is 4.79 Å². The van der Waals surface area contributed by atoms with Gasteiger partial charge in [0.05, 0.1) is 28.9 Å². The van der Waals surface area contributed by atoms with Gasteiger partial charge < -0.3 is 14.3 Å². The number of fused-ring (bicyclic) bond motifs is 2. The quantitative estimate of drug-likeness (QED) is 0.595. The van der Waals surface area contributed by atoms with Crippen molar-refractivity contribution in [3.8, 4) is 0 Å². The van der Waals surface area contributed by atoms with Crippen LogP contribution in [-0.2, 0) is 6.42 Å². The first-order valence-electron chi connectivity index (χ1n) is 9.50. The Labute approximate surface area is 160 Å². The first kappa shape index (κ1) is 15.6. The van der Waals surface area contributed by atoms with Gasteiger partial charge in [-0.3, -0.25) is 4.79 Å². The fraction of sp³-hybridized carbons (Fsp3) is 0.300. The number of amides is 1. The summed E-state index contributed by atoms with van der Waals surface area (Å²) >= 11 is 0. The molecule has 0 spiro atoms. The minimum absolute atomic E-state index is 0.143. The fourth-order valence-corrected chi connectivity index (χ4v) is 4.08. The summed E-state index contributed by atoms with van der Waals surface area (Å²) in [5, 5.41) is 4.72. The summed E-state index contributed by atoms with van der Waals surface area (Å²) < 4.78 is 7.36. The Morgan fingerprint density at radius 2 is 2.14 bits per heavy atom. The molecule has 1 aliphatic heterocycles. The van der Waals surface area contributed by atoms with Gasteiger partial charge in [-0.2, -0.15) is 5.10 Å². The van der Waals surface area contributed by atoms with E-state index in [1.54, 1.807) is 6.33 Å². The molecule has 1 fully saturated rings. The van der Waals surface area contributed by atoms with Crippen LogP contribution in [0.4, 0.5) is 0 Å². The van der Waals surface area contributed by atoms with Crippen LogP contribution in [0.2, 0.25) is 0 Å². The van der Waals surface area contributed by atoms with E-state index < -0.39 is 0 Å². The molecule has 1 atom stereocenters. The normalized spacial score (nSPS) is 19.1. The highest BCUT2D eigenvalue weighted by molar-refractivity contribution is 5.93. The first-order valence-corrected chi connectivity index (χ1v) is 9.50. The van der Waals surface area contributed by atoms with Crippen molar-refractivity contribution in [2.24, 2.45) is 0 Å². The highest BCUT2D eigenvalue weighted by Gasteiger charge is 2.40. The van der Waals surface area contributed by atoms with Crippen molar-refractivity contribution in [1.29, 1.82) is 0 Å². The maximum atomic E-state index is 13.5. The van der Waals surface area contributed by atoms with E-state index in [2.05, 4.69) is 15.0 Å². The lowest BCUT2D eigenvalue weighted by molar-refractivity contribution is 0.0652. The SMILES string of the molecule is O=C(c1ocnc1C1CC1)N1CCc2[nH]cnc2[C@H]1c1cc2ccccn2n1. The topological polar surface area (TPSA) is 92.3 Å². The third-order valence-electron chi connectivity index (χ3n) is 5.61. The molecule has 0 saturated heterocycles. The van der Waals surface area contributed by atoms with Gasteiger partial charge in [0.1, 0.15) is 6.04 Å². The number of aromatic amines is 1. The lowest BCUT2D eigenvalue weighted by Crippen LogP contribution is -2.41. The van der Waals surface area contributed by atoms with Crippen LogP contribution in [0.15, 0.2) is 47.6 Å². The summed E-state index contributed by atoms with van der Waals surface area (Å²) in [7, 11) is 0. The summed E-state index contributed by atoms with van der Waals surface area (Å²) in [6, 6.07) is 7.56. The van der Waals surface area contributed by atoms with Crippen molar-refractivity contribution in [1.82, 2.24) is 29.5 Å².